The molecule has 0 bridgehead atoms. The molecule has 31 heavy (non-hydrogen) atoms. The summed E-state index contributed by atoms with van der Waals surface area (Å²) < 4.78 is 5.28. The fraction of sp³-hybridized carbons (Fsp3) is 0.292. The van der Waals surface area contributed by atoms with Gasteiger partial charge in [0.1, 0.15) is 5.82 Å². The number of hydrogen-bond acceptors (Lipinski definition) is 6. The number of nitrogens with zero attached hydrogens (tertiary/aromatic N) is 1. The van der Waals surface area contributed by atoms with Crippen LogP contribution in [0.1, 0.15) is 43.2 Å². The van der Waals surface area contributed by atoms with Gasteiger partial charge in [-0.2, -0.15) is 0 Å². The summed E-state index contributed by atoms with van der Waals surface area (Å²) in [7, 11) is 1.47. The van der Waals surface area contributed by atoms with Crippen molar-refractivity contribution in [3.63, 3.8) is 0 Å². The molecule has 1 aliphatic heterocycles. The van der Waals surface area contributed by atoms with Crippen molar-refractivity contribution in [2.24, 2.45) is 0 Å². The van der Waals surface area contributed by atoms with Crippen LogP contribution in [0.15, 0.2) is 59.1 Å². The van der Waals surface area contributed by atoms with Crippen molar-refractivity contribution < 1.29 is 19.4 Å². The van der Waals surface area contributed by atoms with Crippen molar-refractivity contribution in [1.82, 2.24) is 10.3 Å². The first kappa shape index (κ1) is 20.7. The number of Topliss-reactive ketones (excluding diaryl/α,β-unsaturated/α-hetero) is 1. The maximum Gasteiger partial charge on any atom is 0.255 e. The molecule has 0 saturated carbocycles. The van der Waals surface area contributed by atoms with Gasteiger partial charge >= 0.3 is 0 Å². The maximum absolute atomic E-state index is 13.4. The van der Waals surface area contributed by atoms with Gasteiger partial charge in [-0.25, -0.2) is 4.98 Å². The molecule has 0 spiro atoms. The van der Waals surface area contributed by atoms with Gasteiger partial charge in [0, 0.05) is 41.1 Å². The van der Waals surface area contributed by atoms with Crippen LogP contribution in [0.4, 0.5) is 5.82 Å². The van der Waals surface area contributed by atoms with Gasteiger partial charge in [-0.05, 0) is 62.1 Å². The number of aryl methyl sites for hydroxylation is 1. The van der Waals surface area contributed by atoms with Crippen molar-refractivity contribution in [2.45, 2.75) is 39.0 Å². The highest BCUT2D eigenvalue weighted by molar-refractivity contribution is 6.09. The van der Waals surface area contributed by atoms with Crippen LogP contribution in [0.2, 0.25) is 0 Å². The first-order valence-electron chi connectivity index (χ1n) is 10.2. The SMILES string of the molecule is COc1cc(C2C(C(=O)Nc3cc(C)ccn3)=C(C)NC3=C2C(=O)CCC3)ccc1O. The fourth-order valence-corrected chi connectivity index (χ4v) is 4.28. The molecule has 0 fully saturated rings. The third kappa shape index (κ3) is 3.91. The number of hydrogen-bond donors (Lipinski definition) is 3. The van der Waals surface area contributed by atoms with Gasteiger partial charge in [0.2, 0.25) is 0 Å². The summed E-state index contributed by atoms with van der Waals surface area (Å²) in [5, 5.41) is 16.2. The highest BCUT2D eigenvalue weighted by atomic mass is 16.5. The van der Waals surface area contributed by atoms with Crippen LogP contribution in [0, 0.1) is 6.92 Å². The third-order valence-electron chi connectivity index (χ3n) is 5.71. The van der Waals surface area contributed by atoms with E-state index in [0.29, 0.717) is 40.4 Å². The van der Waals surface area contributed by atoms with E-state index in [1.165, 1.54) is 13.2 Å². The Hall–Kier alpha value is -3.61. The number of ketones is 1. The van der Waals surface area contributed by atoms with Crippen molar-refractivity contribution in [2.75, 3.05) is 12.4 Å². The van der Waals surface area contributed by atoms with Gasteiger partial charge in [-0.1, -0.05) is 6.07 Å². The number of anilines is 1. The minimum Gasteiger partial charge on any atom is -0.504 e. The quantitative estimate of drug-likeness (QED) is 0.699. The molecule has 2 aliphatic rings. The van der Waals surface area contributed by atoms with E-state index < -0.39 is 5.92 Å². The van der Waals surface area contributed by atoms with Crippen LogP contribution in [0.25, 0.3) is 0 Å². The smallest absolute Gasteiger partial charge is 0.255 e. The number of phenols is 1. The topological polar surface area (TPSA) is 101 Å². The molecule has 0 radical (unpaired) electrons. The number of rotatable bonds is 4. The first-order valence-corrected chi connectivity index (χ1v) is 10.2. The summed E-state index contributed by atoms with van der Waals surface area (Å²) in [5.41, 5.74) is 4.29. The largest absolute Gasteiger partial charge is 0.504 e. The van der Waals surface area contributed by atoms with Crippen LogP contribution in [0.5, 0.6) is 11.5 Å². The average Bonchev–Trinajstić information content (AvgIpc) is 2.73. The van der Waals surface area contributed by atoms with E-state index >= 15 is 0 Å². The number of aromatic hydroxyl groups is 1. The van der Waals surface area contributed by atoms with Crippen molar-refractivity contribution in [3.05, 3.63) is 70.2 Å². The number of aromatic nitrogens is 1. The normalized spacial score (nSPS) is 18.4. The van der Waals surface area contributed by atoms with Crippen LogP contribution in [-0.2, 0) is 9.59 Å². The predicted molar refractivity (Wildman–Crippen MR) is 117 cm³/mol. The van der Waals surface area contributed by atoms with Crippen LogP contribution < -0.4 is 15.4 Å². The number of nitrogens with one attached hydrogen (secondary N) is 2. The molecule has 1 aliphatic carbocycles. The van der Waals surface area contributed by atoms with E-state index in [1.807, 2.05) is 19.9 Å². The summed E-state index contributed by atoms with van der Waals surface area (Å²) in [5.74, 6) is -0.132. The molecule has 1 atom stereocenters. The number of carbonyl (C=O) groups is 2. The van der Waals surface area contributed by atoms with Gasteiger partial charge in [0.15, 0.2) is 17.3 Å². The third-order valence-corrected chi connectivity index (χ3v) is 5.71. The highest BCUT2D eigenvalue weighted by Crippen LogP contribution is 2.44. The van der Waals surface area contributed by atoms with Gasteiger partial charge < -0.3 is 20.5 Å². The van der Waals surface area contributed by atoms with Crippen molar-refractivity contribution in [3.8, 4) is 11.5 Å². The second-order valence-electron chi connectivity index (χ2n) is 7.87. The molecular weight excluding hydrogens is 394 g/mol. The Balaban J connectivity index is 1.81. The summed E-state index contributed by atoms with van der Waals surface area (Å²) in [6.07, 6.45) is 3.61. The Bertz CT molecular complexity index is 1130. The zero-order valence-electron chi connectivity index (χ0n) is 17.8. The number of phenolic OH excluding ortho intramolecular Hbond substituents is 1. The van der Waals surface area contributed by atoms with Crippen molar-refractivity contribution in [1.29, 1.82) is 0 Å². The molecule has 2 aromatic rings. The molecule has 160 valence electrons. The fourth-order valence-electron chi connectivity index (χ4n) is 4.28. The number of pyridine rings is 1. The van der Waals surface area contributed by atoms with Gasteiger partial charge in [0.05, 0.1) is 7.11 Å². The molecule has 4 rings (SSSR count). The zero-order valence-corrected chi connectivity index (χ0v) is 17.8. The Morgan fingerprint density at radius 2 is 2.03 bits per heavy atom. The van der Waals surface area contributed by atoms with Crippen molar-refractivity contribution >= 4 is 17.5 Å². The molecule has 1 unspecified atom stereocenters. The zero-order chi connectivity index (χ0) is 22.1. The van der Waals surface area contributed by atoms with E-state index in [9.17, 15) is 14.7 Å². The Morgan fingerprint density at radius 1 is 1.23 bits per heavy atom. The molecular formula is C24H25N3O4. The highest BCUT2D eigenvalue weighted by Gasteiger charge is 2.38. The molecule has 1 aromatic carbocycles. The minimum absolute atomic E-state index is 0.0000204. The summed E-state index contributed by atoms with van der Waals surface area (Å²) in [6.45, 7) is 3.76. The Kier molecular flexibility index (Phi) is 5.50. The standard InChI is InChI=1S/C24H25N3O4/c1-13-9-10-25-20(11-13)27-24(30)21-14(2)26-16-5-4-6-18(29)23(16)22(21)15-7-8-17(28)19(12-15)31-3/h7-12,22,26,28H,4-6H2,1-3H3,(H,25,27,30). The van der Waals surface area contributed by atoms with E-state index in [1.54, 1.807) is 24.4 Å². The Morgan fingerprint density at radius 3 is 2.77 bits per heavy atom. The lowest BCUT2D eigenvalue weighted by Gasteiger charge is -2.34. The summed E-state index contributed by atoms with van der Waals surface area (Å²) in [6, 6.07) is 8.58. The number of benzene rings is 1. The minimum atomic E-state index is -0.566. The lowest BCUT2D eigenvalue weighted by Crippen LogP contribution is -2.35. The van der Waals surface area contributed by atoms with Crippen LogP contribution in [-0.4, -0.2) is 28.9 Å². The number of dihydropyridines is 1. The van der Waals surface area contributed by atoms with Crippen LogP contribution >= 0.6 is 0 Å². The molecule has 7 nitrogen and oxygen atoms in total. The van der Waals surface area contributed by atoms with E-state index in [-0.39, 0.29) is 17.4 Å². The number of carbonyl (C=O) groups excluding carboxylic acids is 2. The summed E-state index contributed by atoms with van der Waals surface area (Å²) in [4.78, 5) is 30.6. The second kappa shape index (κ2) is 8.26. The lowest BCUT2D eigenvalue weighted by atomic mass is 9.75. The molecule has 0 saturated heterocycles. The number of methoxy groups -OCH3 is 1. The number of allylic oxidation sites excluding steroid dienone is 3. The molecule has 2 heterocycles. The number of amides is 1. The monoisotopic (exact) mass is 419 g/mol. The second-order valence-corrected chi connectivity index (χ2v) is 7.87. The van der Waals surface area contributed by atoms with Crippen LogP contribution in [0.3, 0.4) is 0 Å². The van der Waals surface area contributed by atoms with Gasteiger partial charge in [0.25, 0.3) is 5.91 Å². The number of ether oxygens (including phenoxy) is 1. The van der Waals surface area contributed by atoms with Gasteiger partial charge in [-0.15, -0.1) is 0 Å². The molecule has 1 amide bonds. The van der Waals surface area contributed by atoms with E-state index in [4.69, 9.17) is 4.74 Å². The molecule has 1 aromatic heterocycles. The average molecular weight is 419 g/mol. The summed E-state index contributed by atoms with van der Waals surface area (Å²) >= 11 is 0. The molecule has 3 N–H and O–H groups in total. The molecule has 7 heteroatoms. The Labute approximate surface area is 180 Å². The maximum atomic E-state index is 13.4. The predicted octanol–water partition coefficient (Wildman–Crippen LogP) is 3.71. The van der Waals surface area contributed by atoms with Gasteiger partial charge in [-0.3, -0.25) is 9.59 Å². The van der Waals surface area contributed by atoms with E-state index in [0.717, 1.165) is 24.1 Å². The van der Waals surface area contributed by atoms with E-state index in [2.05, 4.69) is 15.6 Å². The lowest BCUT2D eigenvalue weighted by molar-refractivity contribution is -0.116. The first-order chi connectivity index (χ1) is 14.9.